The van der Waals surface area contributed by atoms with Crippen molar-refractivity contribution in [2.75, 3.05) is 13.1 Å². The van der Waals surface area contributed by atoms with Gasteiger partial charge in [0.1, 0.15) is 0 Å². The van der Waals surface area contributed by atoms with Crippen molar-refractivity contribution in [1.82, 2.24) is 14.7 Å². The Morgan fingerprint density at radius 1 is 1.27 bits per heavy atom. The normalized spacial score (nSPS) is 18.9. The minimum absolute atomic E-state index is 0.0775. The van der Waals surface area contributed by atoms with E-state index in [4.69, 9.17) is 0 Å². The summed E-state index contributed by atoms with van der Waals surface area (Å²) in [5, 5.41) is 4.24. The summed E-state index contributed by atoms with van der Waals surface area (Å²) in [6.07, 6.45) is -0.875. The number of carbonyl (C=O) groups is 1. The van der Waals surface area contributed by atoms with E-state index in [1.54, 1.807) is 0 Å². The van der Waals surface area contributed by atoms with Crippen molar-refractivity contribution >= 4 is 5.78 Å². The summed E-state index contributed by atoms with van der Waals surface area (Å²) in [5.41, 5.74) is 1.85. The Hall–Kier alpha value is -2.15. The Morgan fingerprint density at radius 3 is 2.54 bits per heavy atom. The Labute approximate surface area is 150 Å². The summed E-state index contributed by atoms with van der Waals surface area (Å²) in [6.45, 7) is 4.27. The lowest BCUT2D eigenvalue weighted by Gasteiger charge is -2.32. The van der Waals surface area contributed by atoms with Crippen LogP contribution in [-0.4, -0.2) is 33.6 Å². The summed E-state index contributed by atoms with van der Waals surface area (Å²) in [4.78, 5) is 14.9. The summed E-state index contributed by atoms with van der Waals surface area (Å²) < 4.78 is 39.8. The van der Waals surface area contributed by atoms with Crippen molar-refractivity contribution < 1.29 is 18.0 Å². The molecule has 3 rings (SSSR count). The molecule has 1 saturated heterocycles. The molecule has 0 amide bonds. The van der Waals surface area contributed by atoms with Gasteiger partial charge in [-0.2, -0.15) is 18.3 Å². The number of carbonyl (C=O) groups excluding carboxylic acids is 1. The Balaban J connectivity index is 1.67. The largest absolute Gasteiger partial charge is 0.416 e. The first-order chi connectivity index (χ1) is 12.3. The molecule has 7 heteroatoms. The monoisotopic (exact) mass is 365 g/mol. The number of piperidine rings is 1. The summed E-state index contributed by atoms with van der Waals surface area (Å²) in [5.74, 6) is -0.260. The SMILES string of the molecule is Cc1c(CN2CCCC(C(=O)c3ccc(C(F)(F)F)cc3)C2)cnn1C. The molecule has 1 fully saturated rings. The fourth-order valence-corrected chi connectivity index (χ4v) is 3.41. The summed E-state index contributed by atoms with van der Waals surface area (Å²) in [7, 11) is 1.89. The molecule has 0 spiro atoms. The number of aromatic nitrogens is 2. The quantitative estimate of drug-likeness (QED) is 0.773. The van der Waals surface area contributed by atoms with E-state index in [2.05, 4.69) is 10.00 Å². The van der Waals surface area contributed by atoms with Crippen LogP contribution >= 0.6 is 0 Å². The van der Waals surface area contributed by atoms with Gasteiger partial charge in [-0.05, 0) is 38.4 Å². The number of rotatable bonds is 4. The number of nitrogens with zero attached hydrogens (tertiary/aromatic N) is 3. The molecular weight excluding hydrogens is 343 g/mol. The lowest BCUT2D eigenvalue weighted by Crippen LogP contribution is -2.38. The molecule has 140 valence electrons. The number of alkyl halides is 3. The molecule has 1 unspecified atom stereocenters. The van der Waals surface area contributed by atoms with Crippen LogP contribution in [0.15, 0.2) is 30.5 Å². The van der Waals surface area contributed by atoms with Crippen LogP contribution in [0.5, 0.6) is 0 Å². The number of hydrogen-bond acceptors (Lipinski definition) is 3. The number of halogens is 3. The summed E-state index contributed by atoms with van der Waals surface area (Å²) in [6, 6.07) is 4.53. The molecule has 1 atom stereocenters. The van der Waals surface area contributed by atoms with E-state index in [9.17, 15) is 18.0 Å². The van der Waals surface area contributed by atoms with Crippen molar-refractivity contribution in [2.45, 2.75) is 32.5 Å². The number of aryl methyl sites for hydroxylation is 1. The Kier molecular flexibility index (Phi) is 5.18. The highest BCUT2D eigenvalue weighted by Gasteiger charge is 2.31. The molecular formula is C19H22F3N3O. The molecule has 0 bridgehead atoms. The lowest BCUT2D eigenvalue weighted by atomic mass is 9.89. The molecule has 26 heavy (non-hydrogen) atoms. The predicted octanol–water partition coefficient (Wildman–Crippen LogP) is 3.84. The van der Waals surface area contributed by atoms with E-state index >= 15 is 0 Å². The van der Waals surface area contributed by atoms with E-state index in [0.717, 1.165) is 49.3 Å². The van der Waals surface area contributed by atoms with Crippen molar-refractivity contribution in [3.63, 3.8) is 0 Å². The average Bonchev–Trinajstić information content (AvgIpc) is 2.93. The van der Waals surface area contributed by atoms with Crippen molar-refractivity contribution in [3.05, 3.63) is 52.8 Å². The van der Waals surface area contributed by atoms with Gasteiger partial charge >= 0.3 is 6.18 Å². The molecule has 1 aliphatic rings. The molecule has 1 aliphatic heterocycles. The fraction of sp³-hybridized carbons (Fsp3) is 0.474. The Bertz CT molecular complexity index is 780. The van der Waals surface area contributed by atoms with Gasteiger partial charge in [-0.3, -0.25) is 14.4 Å². The van der Waals surface area contributed by atoms with Crippen LogP contribution in [-0.2, 0) is 19.8 Å². The molecule has 0 saturated carbocycles. The fourth-order valence-electron chi connectivity index (χ4n) is 3.41. The highest BCUT2D eigenvalue weighted by molar-refractivity contribution is 5.98. The zero-order valence-electron chi connectivity index (χ0n) is 14.9. The zero-order valence-corrected chi connectivity index (χ0v) is 14.9. The van der Waals surface area contributed by atoms with E-state index in [1.165, 1.54) is 12.1 Å². The van der Waals surface area contributed by atoms with E-state index in [1.807, 2.05) is 24.9 Å². The molecule has 4 nitrogen and oxygen atoms in total. The second kappa shape index (κ2) is 7.23. The standard InChI is InChI=1S/C19H22F3N3O/c1-13-16(10-23-24(13)2)12-25-9-3-4-15(11-25)18(26)14-5-7-17(8-6-14)19(20,21)22/h5-8,10,15H,3-4,9,11-12H2,1-2H3. The smallest absolute Gasteiger partial charge is 0.298 e. The second-order valence-corrected chi connectivity index (χ2v) is 6.89. The molecule has 0 N–H and O–H groups in total. The van der Waals surface area contributed by atoms with Crippen LogP contribution in [0.3, 0.4) is 0 Å². The summed E-state index contributed by atoms with van der Waals surface area (Å²) >= 11 is 0. The number of hydrogen-bond donors (Lipinski definition) is 0. The zero-order chi connectivity index (χ0) is 18.9. The van der Waals surface area contributed by atoms with Gasteiger partial charge in [0.05, 0.1) is 11.8 Å². The minimum Gasteiger partial charge on any atom is -0.298 e. The van der Waals surface area contributed by atoms with E-state index < -0.39 is 11.7 Å². The van der Waals surface area contributed by atoms with E-state index in [-0.39, 0.29) is 11.7 Å². The highest BCUT2D eigenvalue weighted by atomic mass is 19.4. The number of likely N-dealkylation sites (tertiary alicyclic amines) is 1. The van der Waals surface area contributed by atoms with Crippen molar-refractivity contribution in [2.24, 2.45) is 13.0 Å². The lowest BCUT2D eigenvalue weighted by molar-refractivity contribution is -0.137. The van der Waals surface area contributed by atoms with Crippen LogP contribution in [0.25, 0.3) is 0 Å². The van der Waals surface area contributed by atoms with Gasteiger partial charge in [0, 0.05) is 42.9 Å². The van der Waals surface area contributed by atoms with Crippen LogP contribution in [0.2, 0.25) is 0 Å². The van der Waals surface area contributed by atoms with E-state index in [0.29, 0.717) is 12.1 Å². The number of Topliss-reactive ketones (excluding diaryl/α,β-unsaturated/α-hetero) is 1. The maximum absolute atomic E-state index is 12.7. The molecule has 0 radical (unpaired) electrons. The third kappa shape index (κ3) is 3.98. The van der Waals surface area contributed by atoms with Crippen LogP contribution in [0.4, 0.5) is 13.2 Å². The first kappa shape index (κ1) is 18.6. The Morgan fingerprint density at radius 2 is 1.96 bits per heavy atom. The third-order valence-corrected chi connectivity index (χ3v) is 5.10. The van der Waals surface area contributed by atoms with Gasteiger partial charge in [0.15, 0.2) is 5.78 Å². The average molecular weight is 365 g/mol. The number of ketones is 1. The van der Waals surface area contributed by atoms with Crippen LogP contribution < -0.4 is 0 Å². The second-order valence-electron chi connectivity index (χ2n) is 6.89. The van der Waals surface area contributed by atoms with Gasteiger partial charge in [-0.15, -0.1) is 0 Å². The molecule has 2 aromatic rings. The molecule has 1 aromatic carbocycles. The molecule has 2 heterocycles. The predicted molar refractivity (Wildman–Crippen MR) is 91.7 cm³/mol. The molecule has 1 aromatic heterocycles. The van der Waals surface area contributed by atoms with Gasteiger partial charge in [-0.25, -0.2) is 0 Å². The maximum atomic E-state index is 12.7. The van der Waals surface area contributed by atoms with Crippen LogP contribution in [0.1, 0.15) is 40.0 Å². The molecule has 0 aliphatic carbocycles. The van der Waals surface area contributed by atoms with Crippen molar-refractivity contribution in [1.29, 1.82) is 0 Å². The first-order valence-corrected chi connectivity index (χ1v) is 8.67. The van der Waals surface area contributed by atoms with Gasteiger partial charge in [-0.1, -0.05) is 12.1 Å². The van der Waals surface area contributed by atoms with Gasteiger partial charge < -0.3 is 0 Å². The maximum Gasteiger partial charge on any atom is 0.416 e. The topological polar surface area (TPSA) is 38.1 Å². The highest BCUT2D eigenvalue weighted by Crippen LogP contribution is 2.30. The van der Waals surface area contributed by atoms with Crippen LogP contribution in [0, 0.1) is 12.8 Å². The minimum atomic E-state index is -4.38. The van der Waals surface area contributed by atoms with Gasteiger partial charge in [0.2, 0.25) is 0 Å². The van der Waals surface area contributed by atoms with Crippen molar-refractivity contribution in [3.8, 4) is 0 Å². The third-order valence-electron chi connectivity index (χ3n) is 5.10. The number of benzene rings is 1. The first-order valence-electron chi connectivity index (χ1n) is 8.67. The van der Waals surface area contributed by atoms with Gasteiger partial charge in [0.25, 0.3) is 0 Å².